The summed E-state index contributed by atoms with van der Waals surface area (Å²) in [5, 5.41) is 22.2. The highest BCUT2D eigenvalue weighted by Crippen LogP contribution is 2.34. The topological polar surface area (TPSA) is 94.5 Å². The number of hydrogen-bond acceptors (Lipinski definition) is 5. The van der Waals surface area contributed by atoms with Crippen molar-refractivity contribution in [3.8, 4) is 0 Å². The van der Waals surface area contributed by atoms with E-state index < -0.39 is 4.92 Å². The predicted molar refractivity (Wildman–Crippen MR) is 107 cm³/mol. The van der Waals surface area contributed by atoms with E-state index in [4.69, 9.17) is 0 Å². The molecule has 2 aromatic carbocycles. The number of aromatic nitrogens is 1. The maximum absolute atomic E-state index is 11.3. The quantitative estimate of drug-likeness (QED) is 0.477. The van der Waals surface area contributed by atoms with Crippen LogP contribution in [0, 0.1) is 20.2 Å². The Morgan fingerprint density at radius 3 is 2.38 bits per heavy atom. The molecule has 2 heterocycles. The van der Waals surface area contributed by atoms with Crippen LogP contribution in [0.4, 0.5) is 11.4 Å². The van der Waals surface area contributed by atoms with Crippen molar-refractivity contribution in [2.75, 3.05) is 6.54 Å². The molecule has 0 saturated carbocycles. The van der Waals surface area contributed by atoms with Gasteiger partial charge in [0.05, 0.1) is 15.9 Å². The Bertz CT molecular complexity index is 1040. The summed E-state index contributed by atoms with van der Waals surface area (Å²) < 4.78 is 2.19. The van der Waals surface area contributed by atoms with Crippen LogP contribution in [0.15, 0.2) is 66.9 Å². The molecule has 29 heavy (non-hydrogen) atoms. The smallest absolute Gasteiger partial charge is 0.269 e. The molecule has 1 aliphatic heterocycles. The highest BCUT2D eigenvalue weighted by Gasteiger charge is 2.28. The number of fused-ring (bicyclic) bond motifs is 1. The zero-order chi connectivity index (χ0) is 20.4. The second-order valence-corrected chi connectivity index (χ2v) is 7.13. The number of nitro benzene ring substituents is 2. The maximum Gasteiger partial charge on any atom is 0.269 e. The number of aryl methyl sites for hydroxylation is 1. The van der Waals surface area contributed by atoms with E-state index in [1.54, 1.807) is 24.3 Å². The van der Waals surface area contributed by atoms with Gasteiger partial charge in [0.2, 0.25) is 0 Å². The lowest BCUT2D eigenvalue weighted by atomic mass is 10.0. The van der Waals surface area contributed by atoms with Gasteiger partial charge in [0.1, 0.15) is 0 Å². The molecule has 4 rings (SSSR count). The average Bonchev–Trinajstić information content (AvgIpc) is 3.10. The van der Waals surface area contributed by atoms with Crippen LogP contribution >= 0.6 is 0 Å². The molecule has 0 radical (unpaired) electrons. The molecule has 3 aromatic rings. The highest BCUT2D eigenvalue weighted by atomic mass is 16.6. The molecular formula is C21H20N4O4. The summed E-state index contributed by atoms with van der Waals surface area (Å²) in [6, 6.07) is 17.2. The molecule has 1 unspecified atom stereocenters. The van der Waals surface area contributed by atoms with Gasteiger partial charge in [-0.2, -0.15) is 0 Å². The van der Waals surface area contributed by atoms with Crippen LogP contribution in [0.1, 0.15) is 29.3 Å². The normalized spacial score (nSPS) is 16.8. The summed E-state index contributed by atoms with van der Waals surface area (Å²) in [5.74, 6) is 0. The number of non-ortho nitro benzene ring substituents is 2. The monoisotopic (exact) mass is 392 g/mol. The minimum atomic E-state index is -0.408. The molecule has 0 N–H and O–H groups in total. The predicted octanol–water partition coefficient (Wildman–Crippen LogP) is 4.30. The molecule has 148 valence electrons. The van der Waals surface area contributed by atoms with E-state index in [-0.39, 0.29) is 22.3 Å². The molecule has 8 nitrogen and oxygen atoms in total. The summed E-state index contributed by atoms with van der Waals surface area (Å²) in [7, 11) is 0. The molecule has 0 bridgehead atoms. The largest absolute Gasteiger partial charge is 0.350 e. The van der Waals surface area contributed by atoms with Crippen LogP contribution in [0.25, 0.3) is 0 Å². The van der Waals surface area contributed by atoms with E-state index in [2.05, 4.69) is 15.5 Å². The van der Waals surface area contributed by atoms with Crippen molar-refractivity contribution in [3.63, 3.8) is 0 Å². The van der Waals surface area contributed by atoms with Crippen molar-refractivity contribution >= 4 is 11.4 Å². The standard InChI is InChI=1S/C21H20N4O4/c26-24(27)18-9-7-16(8-10-18)15-23-13-3-12-22-11-2-6-20(22)21(23)17-4-1-5-19(14-17)25(28)29/h1-2,4-11,14,21H,3,12-13,15H2. The summed E-state index contributed by atoms with van der Waals surface area (Å²) in [5.41, 5.74) is 3.05. The Labute approximate surface area is 167 Å². The fraction of sp³-hybridized carbons (Fsp3) is 0.238. The first-order valence-electron chi connectivity index (χ1n) is 9.40. The van der Waals surface area contributed by atoms with Crippen LogP contribution in [-0.2, 0) is 13.1 Å². The lowest BCUT2D eigenvalue weighted by molar-refractivity contribution is -0.385. The van der Waals surface area contributed by atoms with E-state index in [9.17, 15) is 20.2 Å². The molecule has 0 saturated heterocycles. The summed E-state index contributed by atoms with van der Waals surface area (Å²) in [6.45, 7) is 2.28. The minimum Gasteiger partial charge on any atom is -0.350 e. The third kappa shape index (κ3) is 3.88. The first-order valence-corrected chi connectivity index (χ1v) is 9.40. The van der Waals surface area contributed by atoms with Gasteiger partial charge in [0, 0.05) is 55.8 Å². The second kappa shape index (κ2) is 7.84. The number of rotatable bonds is 5. The number of benzene rings is 2. The molecule has 8 heteroatoms. The SMILES string of the molecule is O=[N+]([O-])c1ccc(CN2CCCn3cccc3C2c2cccc([N+](=O)[O-])c2)cc1. The number of hydrogen-bond donors (Lipinski definition) is 0. The molecule has 0 amide bonds. The van der Waals surface area contributed by atoms with E-state index in [1.165, 1.54) is 18.2 Å². The van der Waals surface area contributed by atoms with Gasteiger partial charge in [-0.15, -0.1) is 0 Å². The van der Waals surface area contributed by atoms with Crippen molar-refractivity contribution in [2.45, 2.75) is 25.6 Å². The van der Waals surface area contributed by atoms with Crippen molar-refractivity contribution in [1.29, 1.82) is 0 Å². The molecule has 0 fully saturated rings. The van der Waals surface area contributed by atoms with Crippen LogP contribution in [0.5, 0.6) is 0 Å². The van der Waals surface area contributed by atoms with E-state index in [0.29, 0.717) is 6.54 Å². The molecular weight excluding hydrogens is 372 g/mol. The van der Waals surface area contributed by atoms with Gasteiger partial charge in [-0.05, 0) is 29.7 Å². The van der Waals surface area contributed by atoms with Crippen LogP contribution in [-0.4, -0.2) is 25.9 Å². The van der Waals surface area contributed by atoms with Gasteiger partial charge in [0.15, 0.2) is 0 Å². The minimum absolute atomic E-state index is 0.0636. The highest BCUT2D eigenvalue weighted by molar-refractivity contribution is 5.40. The fourth-order valence-electron chi connectivity index (χ4n) is 3.96. The van der Waals surface area contributed by atoms with Crippen LogP contribution in [0.3, 0.4) is 0 Å². The van der Waals surface area contributed by atoms with Crippen LogP contribution in [0.2, 0.25) is 0 Å². The fourth-order valence-corrected chi connectivity index (χ4v) is 3.96. The van der Waals surface area contributed by atoms with Gasteiger partial charge in [-0.1, -0.05) is 24.3 Å². The van der Waals surface area contributed by atoms with E-state index >= 15 is 0 Å². The second-order valence-electron chi connectivity index (χ2n) is 7.13. The van der Waals surface area contributed by atoms with Crippen molar-refractivity contribution < 1.29 is 9.85 Å². The van der Waals surface area contributed by atoms with Gasteiger partial charge in [0.25, 0.3) is 11.4 Å². The summed E-state index contributed by atoms with van der Waals surface area (Å²) in [6.07, 6.45) is 2.98. The maximum atomic E-state index is 11.3. The summed E-state index contributed by atoms with van der Waals surface area (Å²) >= 11 is 0. The molecule has 1 aromatic heterocycles. The molecule has 0 spiro atoms. The van der Waals surface area contributed by atoms with Gasteiger partial charge in [-0.25, -0.2) is 0 Å². The van der Waals surface area contributed by atoms with Crippen molar-refractivity contribution in [2.24, 2.45) is 0 Å². The first-order chi connectivity index (χ1) is 14.0. The van der Waals surface area contributed by atoms with Gasteiger partial charge < -0.3 is 4.57 Å². The number of nitro groups is 2. The zero-order valence-electron chi connectivity index (χ0n) is 15.7. The van der Waals surface area contributed by atoms with Gasteiger partial charge >= 0.3 is 0 Å². The Kier molecular flexibility index (Phi) is 5.09. The van der Waals surface area contributed by atoms with Crippen molar-refractivity contribution in [3.05, 3.63) is 104 Å². The third-order valence-corrected chi connectivity index (χ3v) is 5.28. The average molecular weight is 392 g/mol. The zero-order valence-corrected chi connectivity index (χ0v) is 15.7. The van der Waals surface area contributed by atoms with E-state index in [0.717, 1.165) is 36.3 Å². The third-order valence-electron chi connectivity index (χ3n) is 5.28. The summed E-state index contributed by atoms with van der Waals surface area (Å²) in [4.78, 5) is 23.7. The number of nitrogens with zero attached hydrogens (tertiary/aromatic N) is 4. The Morgan fingerprint density at radius 1 is 0.897 bits per heavy atom. The molecule has 1 atom stereocenters. The Balaban J connectivity index is 1.72. The van der Waals surface area contributed by atoms with Crippen molar-refractivity contribution in [1.82, 2.24) is 9.47 Å². The molecule has 0 aliphatic carbocycles. The molecule has 1 aliphatic rings. The lowest BCUT2D eigenvalue weighted by Crippen LogP contribution is -2.29. The Morgan fingerprint density at radius 2 is 1.66 bits per heavy atom. The first kappa shape index (κ1) is 18.8. The van der Waals surface area contributed by atoms with Crippen LogP contribution < -0.4 is 0 Å². The Hall–Kier alpha value is -3.52. The van der Waals surface area contributed by atoms with E-state index in [1.807, 2.05) is 18.3 Å². The lowest BCUT2D eigenvalue weighted by Gasteiger charge is -2.30. The van der Waals surface area contributed by atoms with Gasteiger partial charge in [-0.3, -0.25) is 25.1 Å².